The molecule has 0 radical (unpaired) electrons. The highest BCUT2D eigenvalue weighted by atomic mass is 79.9. The number of alkyl halides is 1. The quantitative estimate of drug-likeness (QED) is 0.508. The largest absolute Gasteiger partial charge is 0.397 e. The summed E-state index contributed by atoms with van der Waals surface area (Å²) in [6.45, 7) is 0. The first-order chi connectivity index (χ1) is 6.07. The Morgan fingerprint density at radius 1 is 1.62 bits per heavy atom. The molecule has 2 N–H and O–H groups in total. The normalized spacial score (nSPS) is 10.1. The van der Waals surface area contributed by atoms with E-state index in [-0.39, 0.29) is 27.4 Å². The smallest absolute Gasteiger partial charge is 0.176 e. The van der Waals surface area contributed by atoms with Gasteiger partial charge >= 0.3 is 0 Å². The summed E-state index contributed by atoms with van der Waals surface area (Å²) < 4.78 is 13.2. The molecular formula is C8H6BrClFNO. The van der Waals surface area contributed by atoms with E-state index < -0.39 is 5.82 Å². The van der Waals surface area contributed by atoms with E-state index in [0.29, 0.717) is 0 Å². The molecule has 0 saturated carbocycles. The highest BCUT2D eigenvalue weighted by molar-refractivity contribution is 9.09. The van der Waals surface area contributed by atoms with Gasteiger partial charge in [-0.1, -0.05) is 27.5 Å². The number of Topliss-reactive ketones (excluding diaryl/α,β-unsaturated/α-hetero) is 1. The van der Waals surface area contributed by atoms with Crippen LogP contribution in [-0.2, 0) is 0 Å². The van der Waals surface area contributed by atoms with Crippen molar-refractivity contribution in [1.29, 1.82) is 0 Å². The molecular weight excluding hydrogens is 260 g/mol. The lowest BCUT2D eigenvalue weighted by molar-refractivity contribution is 0.102. The van der Waals surface area contributed by atoms with E-state index in [0.717, 1.165) is 0 Å². The maximum atomic E-state index is 13.2. The van der Waals surface area contributed by atoms with E-state index in [1.54, 1.807) is 0 Å². The molecule has 0 aliphatic rings. The third-order valence-electron chi connectivity index (χ3n) is 1.53. The Hall–Kier alpha value is -0.610. The summed E-state index contributed by atoms with van der Waals surface area (Å²) in [6, 6.07) is 2.72. The number of ketones is 1. The summed E-state index contributed by atoms with van der Waals surface area (Å²) in [5, 5.41) is -0.142. The second kappa shape index (κ2) is 4.07. The Morgan fingerprint density at radius 3 is 2.77 bits per heavy atom. The van der Waals surface area contributed by atoms with Gasteiger partial charge in [-0.3, -0.25) is 4.79 Å². The Labute approximate surface area is 88.0 Å². The number of nitrogen functional groups attached to an aromatic ring is 1. The van der Waals surface area contributed by atoms with Gasteiger partial charge in [0.15, 0.2) is 11.6 Å². The van der Waals surface area contributed by atoms with Gasteiger partial charge in [0.25, 0.3) is 0 Å². The Bertz CT molecular complexity index is 356. The van der Waals surface area contributed by atoms with Crippen LogP contribution >= 0.6 is 27.5 Å². The topological polar surface area (TPSA) is 43.1 Å². The van der Waals surface area contributed by atoms with Crippen LogP contribution in [0.3, 0.4) is 0 Å². The predicted molar refractivity (Wildman–Crippen MR) is 53.9 cm³/mol. The first-order valence-electron chi connectivity index (χ1n) is 3.40. The molecule has 2 nitrogen and oxygen atoms in total. The number of carbonyl (C=O) groups excluding carboxylic acids is 1. The average molecular weight is 266 g/mol. The van der Waals surface area contributed by atoms with Crippen molar-refractivity contribution in [1.82, 2.24) is 0 Å². The summed E-state index contributed by atoms with van der Waals surface area (Å²) in [5.41, 5.74) is 5.42. The Kier molecular flexibility index (Phi) is 3.27. The number of nitrogens with two attached hydrogens (primary N) is 1. The van der Waals surface area contributed by atoms with Gasteiger partial charge in [-0.05, 0) is 12.1 Å². The van der Waals surface area contributed by atoms with Gasteiger partial charge in [0.05, 0.1) is 21.6 Å². The molecule has 0 amide bonds. The maximum absolute atomic E-state index is 13.2. The molecule has 0 spiro atoms. The molecule has 1 aromatic carbocycles. The number of carbonyl (C=O) groups is 1. The molecule has 1 aromatic rings. The fraction of sp³-hybridized carbons (Fsp3) is 0.125. The van der Waals surface area contributed by atoms with Crippen molar-refractivity contribution in [3.8, 4) is 0 Å². The zero-order chi connectivity index (χ0) is 10.0. The lowest BCUT2D eigenvalue weighted by atomic mass is 10.1. The Morgan fingerprint density at radius 2 is 2.23 bits per heavy atom. The van der Waals surface area contributed by atoms with Crippen LogP contribution in [0, 0.1) is 5.82 Å². The molecule has 0 atom stereocenters. The van der Waals surface area contributed by atoms with Crippen molar-refractivity contribution in [2.75, 3.05) is 11.1 Å². The molecule has 0 aliphatic heterocycles. The number of rotatable bonds is 2. The standard InChI is InChI=1S/C8H6BrClFNO/c9-3-6(13)4-1-2-5(12)7(10)8(4)11/h1-2H,3,12H2. The van der Waals surface area contributed by atoms with E-state index in [9.17, 15) is 9.18 Å². The Balaban J connectivity index is 3.26. The van der Waals surface area contributed by atoms with Crippen LogP contribution < -0.4 is 5.73 Å². The van der Waals surface area contributed by atoms with E-state index >= 15 is 0 Å². The predicted octanol–water partition coefficient (Wildman–Crippen LogP) is 2.64. The fourth-order valence-electron chi connectivity index (χ4n) is 0.852. The monoisotopic (exact) mass is 265 g/mol. The van der Waals surface area contributed by atoms with Crippen molar-refractivity contribution < 1.29 is 9.18 Å². The third kappa shape index (κ3) is 2.00. The van der Waals surface area contributed by atoms with Gasteiger partial charge in [0.2, 0.25) is 0 Å². The van der Waals surface area contributed by atoms with Crippen molar-refractivity contribution in [3.63, 3.8) is 0 Å². The van der Waals surface area contributed by atoms with Gasteiger partial charge in [-0.15, -0.1) is 0 Å². The number of benzene rings is 1. The summed E-state index contributed by atoms with van der Waals surface area (Å²) in [5.74, 6) is -1.12. The molecule has 70 valence electrons. The minimum atomic E-state index is -0.758. The molecule has 0 heterocycles. The maximum Gasteiger partial charge on any atom is 0.176 e. The molecule has 0 bridgehead atoms. The SMILES string of the molecule is Nc1ccc(C(=O)CBr)c(F)c1Cl. The van der Waals surface area contributed by atoms with Crippen LogP contribution in [-0.4, -0.2) is 11.1 Å². The van der Waals surface area contributed by atoms with Gasteiger partial charge < -0.3 is 5.73 Å². The summed E-state index contributed by atoms with van der Waals surface area (Å²) >= 11 is 8.45. The first-order valence-corrected chi connectivity index (χ1v) is 4.90. The number of hydrogen-bond acceptors (Lipinski definition) is 2. The van der Waals surface area contributed by atoms with Gasteiger partial charge in [-0.25, -0.2) is 4.39 Å². The van der Waals surface area contributed by atoms with Crippen LogP contribution in [0.25, 0.3) is 0 Å². The zero-order valence-electron chi connectivity index (χ0n) is 6.48. The third-order valence-corrected chi connectivity index (χ3v) is 2.43. The van der Waals surface area contributed by atoms with Crippen LogP contribution in [0.15, 0.2) is 12.1 Å². The van der Waals surface area contributed by atoms with Crippen molar-refractivity contribution in [2.24, 2.45) is 0 Å². The fourth-order valence-corrected chi connectivity index (χ4v) is 1.32. The van der Waals surface area contributed by atoms with Crippen LogP contribution in [0.4, 0.5) is 10.1 Å². The number of anilines is 1. The number of halogens is 3. The highest BCUT2D eigenvalue weighted by Crippen LogP contribution is 2.25. The van der Waals surface area contributed by atoms with E-state index in [1.165, 1.54) is 12.1 Å². The van der Waals surface area contributed by atoms with Gasteiger partial charge in [-0.2, -0.15) is 0 Å². The summed E-state index contributed by atoms with van der Waals surface area (Å²) in [4.78, 5) is 11.1. The highest BCUT2D eigenvalue weighted by Gasteiger charge is 2.14. The molecule has 0 saturated heterocycles. The second-order valence-electron chi connectivity index (χ2n) is 2.39. The van der Waals surface area contributed by atoms with E-state index in [1.807, 2.05) is 0 Å². The lowest BCUT2D eigenvalue weighted by Crippen LogP contribution is -2.04. The minimum Gasteiger partial charge on any atom is -0.397 e. The molecule has 0 fully saturated rings. The molecule has 0 aromatic heterocycles. The second-order valence-corrected chi connectivity index (χ2v) is 3.33. The molecule has 0 aliphatic carbocycles. The summed E-state index contributed by atoms with van der Waals surface area (Å²) in [6.07, 6.45) is 0. The van der Waals surface area contributed by atoms with Crippen LogP contribution in [0.1, 0.15) is 10.4 Å². The van der Waals surface area contributed by atoms with Crippen LogP contribution in [0.5, 0.6) is 0 Å². The lowest BCUT2D eigenvalue weighted by Gasteiger charge is -2.03. The molecule has 0 unspecified atom stereocenters. The van der Waals surface area contributed by atoms with E-state index in [4.69, 9.17) is 17.3 Å². The van der Waals surface area contributed by atoms with Crippen molar-refractivity contribution >= 4 is 39.0 Å². The molecule has 1 rings (SSSR count). The number of hydrogen-bond donors (Lipinski definition) is 1. The molecule has 5 heteroatoms. The van der Waals surface area contributed by atoms with Crippen molar-refractivity contribution in [2.45, 2.75) is 0 Å². The van der Waals surface area contributed by atoms with Crippen molar-refractivity contribution in [3.05, 3.63) is 28.5 Å². The first kappa shape index (κ1) is 10.5. The average Bonchev–Trinajstić information content (AvgIpc) is 2.13. The van der Waals surface area contributed by atoms with Crippen LogP contribution in [0.2, 0.25) is 5.02 Å². The minimum absolute atomic E-state index is 0.0453. The zero-order valence-corrected chi connectivity index (χ0v) is 8.82. The molecule has 13 heavy (non-hydrogen) atoms. The van der Waals surface area contributed by atoms with E-state index in [2.05, 4.69) is 15.9 Å². The summed E-state index contributed by atoms with van der Waals surface area (Å²) in [7, 11) is 0. The van der Waals surface area contributed by atoms with Gasteiger partial charge in [0.1, 0.15) is 0 Å². The van der Waals surface area contributed by atoms with Gasteiger partial charge in [0, 0.05) is 0 Å².